The van der Waals surface area contributed by atoms with Crippen LogP contribution in [-0.4, -0.2) is 59.6 Å². The SMILES string of the molecule is CCC1(CO)CCN(CCC(=O)N2CCCC2C)CC1. The van der Waals surface area contributed by atoms with Crippen LogP contribution in [0.2, 0.25) is 0 Å². The number of piperidine rings is 1. The van der Waals surface area contributed by atoms with Crippen molar-refractivity contribution in [2.45, 2.75) is 58.4 Å². The summed E-state index contributed by atoms with van der Waals surface area (Å²) in [5.74, 6) is 0.324. The van der Waals surface area contributed by atoms with Crippen LogP contribution in [0.1, 0.15) is 52.4 Å². The van der Waals surface area contributed by atoms with E-state index in [-0.39, 0.29) is 5.41 Å². The molecule has 0 saturated carbocycles. The monoisotopic (exact) mass is 282 g/mol. The van der Waals surface area contributed by atoms with Crippen molar-refractivity contribution in [3.63, 3.8) is 0 Å². The maximum Gasteiger partial charge on any atom is 0.224 e. The van der Waals surface area contributed by atoms with Gasteiger partial charge >= 0.3 is 0 Å². The van der Waals surface area contributed by atoms with E-state index in [2.05, 4.69) is 18.7 Å². The van der Waals surface area contributed by atoms with Crippen LogP contribution in [0.5, 0.6) is 0 Å². The smallest absolute Gasteiger partial charge is 0.224 e. The molecule has 2 aliphatic heterocycles. The van der Waals surface area contributed by atoms with Gasteiger partial charge in [0.25, 0.3) is 0 Å². The largest absolute Gasteiger partial charge is 0.396 e. The highest BCUT2D eigenvalue weighted by Crippen LogP contribution is 2.34. The van der Waals surface area contributed by atoms with Crippen molar-refractivity contribution in [1.29, 1.82) is 0 Å². The van der Waals surface area contributed by atoms with E-state index >= 15 is 0 Å². The third-order valence-electron chi connectivity index (χ3n) is 5.52. The Kier molecular flexibility index (Phi) is 5.44. The lowest BCUT2D eigenvalue weighted by molar-refractivity contribution is -0.132. The van der Waals surface area contributed by atoms with Crippen molar-refractivity contribution in [3.05, 3.63) is 0 Å². The van der Waals surface area contributed by atoms with Gasteiger partial charge in [-0.05, 0) is 57.5 Å². The first-order valence-electron chi connectivity index (χ1n) is 8.23. The number of aliphatic hydroxyl groups is 1. The molecule has 1 N–H and O–H groups in total. The van der Waals surface area contributed by atoms with Gasteiger partial charge in [0.2, 0.25) is 5.91 Å². The molecule has 2 fully saturated rings. The Morgan fingerprint density at radius 3 is 2.50 bits per heavy atom. The van der Waals surface area contributed by atoms with Gasteiger partial charge in [-0.25, -0.2) is 0 Å². The molecule has 0 aliphatic carbocycles. The number of nitrogens with zero attached hydrogens (tertiary/aromatic N) is 2. The molecule has 0 bridgehead atoms. The van der Waals surface area contributed by atoms with Gasteiger partial charge in [-0.2, -0.15) is 0 Å². The molecule has 116 valence electrons. The molecule has 1 unspecified atom stereocenters. The van der Waals surface area contributed by atoms with Gasteiger partial charge in [0.05, 0.1) is 0 Å². The van der Waals surface area contributed by atoms with Crippen LogP contribution in [0.25, 0.3) is 0 Å². The van der Waals surface area contributed by atoms with E-state index in [4.69, 9.17) is 0 Å². The third-order valence-corrected chi connectivity index (χ3v) is 5.52. The Hall–Kier alpha value is -0.610. The Morgan fingerprint density at radius 1 is 1.30 bits per heavy atom. The lowest BCUT2D eigenvalue weighted by Gasteiger charge is -2.40. The standard InChI is InChI=1S/C16H30N2O2/c1-3-16(13-19)7-11-17(12-8-16)10-6-15(20)18-9-4-5-14(18)2/h14,19H,3-13H2,1-2H3. The molecule has 0 aromatic carbocycles. The normalized spacial score (nSPS) is 26.9. The van der Waals surface area contributed by atoms with Crippen LogP contribution in [0.15, 0.2) is 0 Å². The predicted molar refractivity (Wildman–Crippen MR) is 80.5 cm³/mol. The van der Waals surface area contributed by atoms with Crippen molar-refractivity contribution < 1.29 is 9.90 Å². The number of amides is 1. The second kappa shape index (κ2) is 6.90. The second-order valence-corrected chi connectivity index (χ2v) is 6.68. The maximum absolute atomic E-state index is 12.2. The number of rotatable bonds is 5. The summed E-state index contributed by atoms with van der Waals surface area (Å²) >= 11 is 0. The number of carbonyl (C=O) groups is 1. The quantitative estimate of drug-likeness (QED) is 0.837. The molecule has 0 radical (unpaired) electrons. The highest BCUT2D eigenvalue weighted by molar-refractivity contribution is 5.77. The lowest BCUT2D eigenvalue weighted by Crippen LogP contribution is -2.43. The Bertz CT molecular complexity index is 318. The van der Waals surface area contributed by atoms with E-state index in [0.717, 1.165) is 58.3 Å². The summed E-state index contributed by atoms with van der Waals surface area (Å²) in [6.07, 6.45) is 6.16. The fourth-order valence-corrected chi connectivity index (χ4v) is 3.58. The molecule has 4 nitrogen and oxygen atoms in total. The van der Waals surface area contributed by atoms with Crippen LogP contribution in [0.3, 0.4) is 0 Å². The first-order chi connectivity index (χ1) is 9.60. The topological polar surface area (TPSA) is 43.8 Å². The van der Waals surface area contributed by atoms with Crippen molar-refractivity contribution in [1.82, 2.24) is 9.80 Å². The molecule has 0 spiro atoms. The van der Waals surface area contributed by atoms with Crippen molar-refractivity contribution in [2.75, 3.05) is 32.8 Å². The zero-order valence-electron chi connectivity index (χ0n) is 13.1. The second-order valence-electron chi connectivity index (χ2n) is 6.68. The van der Waals surface area contributed by atoms with Gasteiger partial charge in [0, 0.05) is 32.2 Å². The molecule has 2 rings (SSSR count). The van der Waals surface area contributed by atoms with Crippen molar-refractivity contribution >= 4 is 5.91 Å². The molecule has 2 saturated heterocycles. The Balaban J connectivity index is 1.72. The van der Waals surface area contributed by atoms with E-state index in [0.29, 0.717) is 25.0 Å². The molecule has 1 amide bonds. The fourth-order valence-electron chi connectivity index (χ4n) is 3.58. The van der Waals surface area contributed by atoms with Crippen LogP contribution in [0.4, 0.5) is 0 Å². The molecular formula is C16H30N2O2. The van der Waals surface area contributed by atoms with E-state index in [9.17, 15) is 9.90 Å². The number of hydrogen-bond donors (Lipinski definition) is 1. The highest BCUT2D eigenvalue weighted by atomic mass is 16.3. The minimum atomic E-state index is 0.143. The molecule has 0 aromatic rings. The average Bonchev–Trinajstić information content (AvgIpc) is 2.91. The van der Waals surface area contributed by atoms with E-state index in [1.807, 2.05) is 4.90 Å². The highest BCUT2D eigenvalue weighted by Gasteiger charge is 2.32. The number of hydrogen-bond acceptors (Lipinski definition) is 3. The van der Waals surface area contributed by atoms with Gasteiger partial charge in [-0.3, -0.25) is 4.79 Å². The lowest BCUT2D eigenvalue weighted by atomic mass is 9.77. The van der Waals surface area contributed by atoms with Gasteiger partial charge in [0.15, 0.2) is 0 Å². The molecule has 20 heavy (non-hydrogen) atoms. The summed E-state index contributed by atoms with van der Waals surface area (Å²) < 4.78 is 0. The molecule has 2 heterocycles. The van der Waals surface area contributed by atoms with Gasteiger partial charge < -0.3 is 14.9 Å². The summed E-state index contributed by atoms with van der Waals surface area (Å²) in [5.41, 5.74) is 0.143. The summed E-state index contributed by atoms with van der Waals surface area (Å²) in [4.78, 5) is 16.6. The molecule has 0 aromatic heterocycles. The van der Waals surface area contributed by atoms with Crippen molar-refractivity contribution in [3.8, 4) is 0 Å². The number of aliphatic hydroxyl groups excluding tert-OH is 1. The van der Waals surface area contributed by atoms with Crippen molar-refractivity contribution in [2.24, 2.45) is 5.41 Å². The fraction of sp³-hybridized carbons (Fsp3) is 0.938. The van der Waals surface area contributed by atoms with Gasteiger partial charge in [-0.15, -0.1) is 0 Å². The first kappa shape index (κ1) is 15.8. The first-order valence-corrected chi connectivity index (χ1v) is 8.23. The molecule has 4 heteroatoms. The minimum Gasteiger partial charge on any atom is -0.396 e. The predicted octanol–water partition coefficient (Wildman–Crippen LogP) is 1.87. The van der Waals surface area contributed by atoms with E-state index < -0.39 is 0 Å². The summed E-state index contributed by atoms with van der Waals surface area (Å²) in [5, 5.41) is 9.54. The maximum atomic E-state index is 12.2. The average molecular weight is 282 g/mol. The Morgan fingerprint density at radius 2 is 2.00 bits per heavy atom. The van der Waals surface area contributed by atoms with E-state index in [1.165, 1.54) is 0 Å². The van der Waals surface area contributed by atoms with E-state index in [1.54, 1.807) is 0 Å². The summed E-state index contributed by atoms with van der Waals surface area (Å²) in [6, 6.07) is 0.436. The summed E-state index contributed by atoms with van der Waals surface area (Å²) in [6.45, 7) is 8.51. The van der Waals surface area contributed by atoms with Crippen LogP contribution in [0, 0.1) is 5.41 Å². The Labute approximate surface area is 123 Å². The molecular weight excluding hydrogens is 252 g/mol. The zero-order chi connectivity index (χ0) is 14.6. The van der Waals surface area contributed by atoms with Crippen LogP contribution >= 0.6 is 0 Å². The third kappa shape index (κ3) is 3.53. The minimum absolute atomic E-state index is 0.143. The number of likely N-dealkylation sites (tertiary alicyclic amines) is 2. The molecule has 2 aliphatic rings. The van der Waals surface area contributed by atoms with Crippen LogP contribution < -0.4 is 0 Å². The van der Waals surface area contributed by atoms with Gasteiger partial charge in [0.1, 0.15) is 0 Å². The molecule has 1 atom stereocenters. The zero-order valence-corrected chi connectivity index (χ0v) is 13.1. The number of carbonyl (C=O) groups excluding carboxylic acids is 1. The van der Waals surface area contributed by atoms with Gasteiger partial charge in [-0.1, -0.05) is 6.92 Å². The summed E-state index contributed by atoms with van der Waals surface area (Å²) in [7, 11) is 0. The van der Waals surface area contributed by atoms with Crippen LogP contribution in [-0.2, 0) is 4.79 Å².